The minimum Gasteiger partial charge on any atom is -0.381 e. The lowest BCUT2D eigenvalue weighted by Gasteiger charge is -2.41. The van der Waals surface area contributed by atoms with Crippen molar-refractivity contribution in [2.75, 3.05) is 18.1 Å². The zero-order valence-electron chi connectivity index (χ0n) is 33.2. The maximum atomic E-state index is 15.0. The van der Waals surface area contributed by atoms with Gasteiger partial charge >= 0.3 is 6.03 Å². The monoisotopic (exact) mass is 769 g/mol. The molecular formula is C50H51N5O3. The van der Waals surface area contributed by atoms with E-state index in [0.717, 1.165) is 82.0 Å². The number of H-pyrrole nitrogens is 1. The number of nitrogens with one attached hydrogen (secondary N) is 1. The number of aryl methyl sites for hydroxylation is 1. The predicted octanol–water partition coefficient (Wildman–Crippen LogP) is 11.0. The standard InChI is InChI=1S/C50H51N5O3/c1-36-22-27-44-45(34-36)54(49(56)55(43-28-32-57-33-29-43)53-46(44)38-14-6-2-7-15-38)42-25-23-37(24-26-42)35-58-47(48-51-30-31-52-48)50(39-16-8-3-9-17-39,40-18-10-4-11-19-40)41-20-12-5-13-21-41/h3-5,8-13,16-27,30-31,34,38,43,47H,2,6-7,14-15,28-29,32-33,35H2,1H3,(H,51,52). The van der Waals surface area contributed by atoms with Gasteiger partial charge in [-0.1, -0.05) is 135 Å². The number of anilines is 2. The molecule has 1 aliphatic carbocycles. The molecule has 2 amide bonds. The van der Waals surface area contributed by atoms with Crippen LogP contribution in [0.4, 0.5) is 16.2 Å². The summed E-state index contributed by atoms with van der Waals surface area (Å²) in [6, 6.07) is 46.4. The highest BCUT2D eigenvalue weighted by Crippen LogP contribution is 2.50. The largest absolute Gasteiger partial charge is 0.381 e. The first-order chi connectivity index (χ1) is 28.6. The van der Waals surface area contributed by atoms with Crippen molar-refractivity contribution < 1.29 is 14.3 Å². The molecule has 2 fully saturated rings. The first kappa shape index (κ1) is 37.7. The Hall–Kier alpha value is -5.83. The summed E-state index contributed by atoms with van der Waals surface area (Å²) in [6.45, 7) is 3.66. The molecule has 3 heterocycles. The summed E-state index contributed by atoms with van der Waals surface area (Å²) in [7, 11) is 0. The molecule has 8 nitrogen and oxygen atoms in total. The Labute approximate surface area is 341 Å². The molecule has 294 valence electrons. The average Bonchev–Trinajstić information content (AvgIpc) is 3.79. The second-order valence-electron chi connectivity index (χ2n) is 15.9. The molecule has 5 aromatic carbocycles. The molecule has 1 atom stereocenters. The van der Waals surface area contributed by atoms with Crippen molar-refractivity contribution in [2.24, 2.45) is 11.0 Å². The molecule has 0 spiro atoms. The second kappa shape index (κ2) is 16.9. The van der Waals surface area contributed by atoms with Gasteiger partial charge in [-0.15, -0.1) is 0 Å². The molecule has 0 radical (unpaired) electrons. The number of hydrogen-bond donors (Lipinski definition) is 1. The summed E-state index contributed by atoms with van der Waals surface area (Å²) in [6.07, 6.45) is 10.5. The van der Waals surface area contributed by atoms with Gasteiger partial charge in [0.05, 0.1) is 35.2 Å². The van der Waals surface area contributed by atoms with E-state index in [1.807, 2.05) is 11.1 Å². The lowest BCUT2D eigenvalue weighted by molar-refractivity contribution is 0.00135. The van der Waals surface area contributed by atoms with Gasteiger partial charge in [-0.25, -0.2) is 14.8 Å². The highest BCUT2D eigenvalue weighted by Gasteiger charge is 2.47. The summed E-state index contributed by atoms with van der Waals surface area (Å²) in [4.78, 5) is 25.1. The van der Waals surface area contributed by atoms with E-state index in [1.165, 1.54) is 19.3 Å². The van der Waals surface area contributed by atoms with Gasteiger partial charge in [-0.3, -0.25) is 4.90 Å². The molecule has 3 aliphatic rings. The van der Waals surface area contributed by atoms with Gasteiger partial charge in [0.1, 0.15) is 11.9 Å². The smallest absolute Gasteiger partial charge is 0.349 e. The molecule has 0 bridgehead atoms. The van der Waals surface area contributed by atoms with E-state index in [0.29, 0.717) is 25.7 Å². The quantitative estimate of drug-likeness (QED) is 0.133. The molecule has 1 N–H and O–H groups in total. The normalized spacial score (nSPS) is 17.4. The van der Waals surface area contributed by atoms with Gasteiger partial charge in [0.15, 0.2) is 0 Å². The van der Waals surface area contributed by atoms with Crippen LogP contribution in [0.3, 0.4) is 0 Å². The lowest BCUT2D eigenvalue weighted by Crippen LogP contribution is -2.45. The number of carbonyl (C=O) groups is 1. The Morgan fingerprint density at radius 2 is 1.40 bits per heavy atom. The van der Waals surface area contributed by atoms with Crippen molar-refractivity contribution in [3.8, 4) is 0 Å². The summed E-state index contributed by atoms with van der Waals surface area (Å²) >= 11 is 0. The maximum absolute atomic E-state index is 15.0. The van der Waals surface area contributed by atoms with Gasteiger partial charge in [-0.05, 0) is 78.6 Å². The minimum absolute atomic E-state index is 0.0249. The number of aromatic amines is 1. The Balaban J connectivity index is 1.09. The van der Waals surface area contributed by atoms with E-state index in [9.17, 15) is 4.79 Å². The average molecular weight is 770 g/mol. The number of urea groups is 1. The third kappa shape index (κ3) is 7.27. The van der Waals surface area contributed by atoms with Crippen LogP contribution in [0.5, 0.6) is 0 Å². The molecule has 8 heteroatoms. The third-order valence-electron chi connectivity index (χ3n) is 12.3. The van der Waals surface area contributed by atoms with Crippen molar-refractivity contribution in [1.82, 2.24) is 15.0 Å². The van der Waals surface area contributed by atoms with E-state index >= 15 is 0 Å². The fourth-order valence-electron chi connectivity index (χ4n) is 9.36. The summed E-state index contributed by atoms with van der Waals surface area (Å²) in [5.41, 5.74) is 8.42. The topological polar surface area (TPSA) is 83.0 Å². The van der Waals surface area contributed by atoms with Crippen molar-refractivity contribution >= 4 is 23.1 Å². The van der Waals surface area contributed by atoms with Crippen molar-refractivity contribution in [3.05, 3.63) is 185 Å². The van der Waals surface area contributed by atoms with Crippen LogP contribution in [0.1, 0.15) is 90.3 Å². The van der Waals surface area contributed by atoms with E-state index in [4.69, 9.17) is 19.6 Å². The summed E-state index contributed by atoms with van der Waals surface area (Å²) < 4.78 is 12.9. The van der Waals surface area contributed by atoms with Crippen LogP contribution >= 0.6 is 0 Å². The van der Waals surface area contributed by atoms with Gasteiger partial charge in [0, 0.05) is 37.1 Å². The van der Waals surface area contributed by atoms with E-state index in [1.54, 1.807) is 11.2 Å². The third-order valence-corrected chi connectivity index (χ3v) is 12.3. The number of fused-ring (bicyclic) bond motifs is 1. The van der Waals surface area contributed by atoms with Gasteiger partial charge in [0.25, 0.3) is 0 Å². The zero-order valence-corrected chi connectivity index (χ0v) is 33.2. The number of hydrazone groups is 1. The molecule has 1 unspecified atom stereocenters. The number of aromatic nitrogens is 2. The van der Waals surface area contributed by atoms with E-state index < -0.39 is 11.5 Å². The number of rotatable bonds is 11. The zero-order chi connectivity index (χ0) is 39.3. The van der Waals surface area contributed by atoms with Crippen LogP contribution in [-0.4, -0.2) is 46.0 Å². The van der Waals surface area contributed by atoms with E-state index in [-0.39, 0.29) is 12.1 Å². The van der Waals surface area contributed by atoms with Crippen LogP contribution in [0.2, 0.25) is 0 Å². The Kier molecular flexibility index (Phi) is 11.0. The minimum atomic E-state index is -0.745. The fourth-order valence-corrected chi connectivity index (χ4v) is 9.36. The van der Waals surface area contributed by atoms with Crippen molar-refractivity contribution in [2.45, 2.75) is 76.0 Å². The van der Waals surface area contributed by atoms with Crippen molar-refractivity contribution in [1.29, 1.82) is 0 Å². The van der Waals surface area contributed by atoms with Gasteiger partial charge in [-0.2, -0.15) is 5.10 Å². The SMILES string of the molecule is Cc1ccc2c(c1)N(c1ccc(COC(c3ncc[nH]3)C(c3ccccc3)(c3ccccc3)c3ccccc3)cc1)C(=O)N(C1CCOCC1)N=C2C1CCCCC1. The Bertz CT molecular complexity index is 2200. The summed E-state index contributed by atoms with van der Waals surface area (Å²) in [5, 5.41) is 7.11. The van der Waals surface area contributed by atoms with Gasteiger partial charge in [0.2, 0.25) is 0 Å². The fraction of sp³-hybridized carbons (Fsp3) is 0.300. The second-order valence-corrected chi connectivity index (χ2v) is 15.9. The Morgan fingerprint density at radius 1 is 0.776 bits per heavy atom. The number of ether oxygens (including phenoxy) is 2. The molecular weight excluding hydrogens is 719 g/mol. The Morgan fingerprint density at radius 3 is 1.98 bits per heavy atom. The van der Waals surface area contributed by atoms with Gasteiger partial charge < -0.3 is 14.5 Å². The number of benzene rings is 5. The number of carbonyl (C=O) groups excluding carboxylic acids is 1. The van der Waals surface area contributed by atoms with Crippen LogP contribution in [0.15, 0.2) is 151 Å². The van der Waals surface area contributed by atoms with Crippen LogP contribution in [0, 0.1) is 12.8 Å². The number of hydrogen-bond acceptors (Lipinski definition) is 5. The molecule has 1 saturated heterocycles. The van der Waals surface area contributed by atoms with E-state index in [2.05, 4.69) is 145 Å². The molecule has 1 aromatic heterocycles. The molecule has 58 heavy (non-hydrogen) atoms. The lowest BCUT2D eigenvalue weighted by atomic mass is 9.65. The highest BCUT2D eigenvalue weighted by molar-refractivity contribution is 6.14. The molecule has 1 saturated carbocycles. The number of nitrogens with zero attached hydrogens (tertiary/aromatic N) is 4. The maximum Gasteiger partial charge on any atom is 0.349 e. The number of amides is 2. The first-order valence-corrected chi connectivity index (χ1v) is 20.9. The predicted molar refractivity (Wildman–Crippen MR) is 229 cm³/mol. The van der Waals surface area contributed by atoms with Crippen LogP contribution in [0.25, 0.3) is 0 Å². The number of imidazole rings is 1. The van der Waals surface area contributed by atoms with Crippen molar-refractivity contribution in [3.63, 3.8) is 0 Å². The molecule has 2 aliphatic heterocycles. The highest BCUT2D eigenvalue weighted by atomic mass is 16.5. The first-order valence-electron chi connectivity index (χ1n) is 20.9. The molecule has 6 aromatic rings. The van der Waals surface area contributed by atoms with Crippen LogP contribution in [-0.2, 0) is 21.5 Å². The van der Waals surface area contributed by atoms with Crippen LogP contribution < -0.4 is 4.90 Å². The molecule has 9 rings (SSSR count). The summed E-state index contributed by atoms with van der Waals surface area (Å²) in [5.74, 6) is 1.05.